The van der Waals surface area contributed by atoms with Gasteiger partial charge in [0.15, 0.2) is 18.9 Å². The molecular formula is C85H151NO18. The summed E-state index contributed by atoms with van der Waals surface area (Å²) < 4.78 is 34.5. The van der Waals surface area contributed by atoms with Gasteiger partial charge in [-0.2, -0.15) is 0 Å². The molecule has 0 saturated carbocycles. The summed E-state index contributed by atoms with van der Waals surface area (Å²) in [5.41, 5.74) is 0. The van der Waals surface area contributed by atoms with E-state index < -0.39 is 124 Å². The van der Waals surface area contributed by atoms with Crippen molar-refractivity contribution in [1.82, 2.24) is 5.32 Å². The lowest BCUT2D eigenvalue weighted by Gasteiger charge is -2.48. The number of aliphatic hydroxyl groups is 11. The lowest BCUT2D eigenvalue weighted by atomic mass is 9.96. The van der Waals surface area contributed by atoms with E-state index in [0.29, 0.717) is 12.8 Å². The fourth-order valence-electron chi connectivity index (χ4n) is 13.7. The van der Waals surface area contributed by atoms with E-state index in [1.807, 2.05) is 6.08 Å². The summed E-state index contributed by atoms with van der Waals surface area (Å²) in [4.78, 5) is 13.5. The normalized spacial score (nSPS) is 26.3. The van der Waals surface area contributed by atoms with Crippen LogP contribution in [0.4, 0.5) is 0 Å². The number of unbranched alkanes of at least 4 members (excludes halogenated alkanes) is 38. The van der Waals surface area contributed by atoms with Crippen molar-refractivity contribution >= 4 is 5.91 Å². The summed E-state index contributed by atoms with van der Waals surface area (Å²) in [7, 11) is 0. The van der Waals surface area contributed by atoms with Gasteiger partial charge in [0.25, 0.3) is 0 Å². The lowest BCUT2D eigenvalue weighted by molar-refractivity contribution is -0.379. The molecule has 0 aromatic rings. The molecule has 0 aliphatic carbocycles. The summed E-state index contributed by atoms with van der Waals surface area (Å²) in [6.45, 7) is 1.63. The highest BCUT2D eigenvalue weighted by atomic mass is 16.8. The number of amides is 1. The molecule has 0 aromatic carbocycles. The molecule has 104 heavy (non-hydrogen) atoms. The van der Waals surface area contributed by atoms with Gasteiger partial charge in [-0.25, -0.2) is 0 Å². The predicted molar refractivity (Wildman–Crippen MR) is 415 cm³/mol. The molecule has 19 nitrogen and oxygen atoms in total. The van der Waals surface area contributed by atoms with Gasteiger partial charge in [-0.3, -0.25) is 4.79 Å². The molecule has 0 radical (unpaired) electrons. The van der Waals surface area contributed by atoms with Crippen LogP contribution in [0, 0.1) is 0 Å². The molecule has 3 aliphatic heterocycles. The molecule has 3 fully saturated rings. The number of allylic oxidation sites excluding steroid dienone is 13. The van der Waals surface area contributed by atoms with Crippen LogP contribution in [0.15, 0.2) is 85.1 Å². The second-order valence-corrected chi connectivity index (χ2v) is 29.5. The van der Waals surface area contributed by atoms with Crippen LogP contribution in [-0.4, -0.2) is 193 Å². The minimum absolute atomic E-state index is 0.230. The van der Waals surface area contributed by atoms with Crippen LogP contribution < -0.4 is 5.32 Å². The molecule has 1 amide bonds. The van der Waals surface area contributed by atoms with Crippen molar-refractivity contribution in [3.63, 3.8) is 0 Å². The molecule has 0 spiro atoms. The average molecular weight is 1480 g/mol. The number of carbonyl (C=O) groups excluding carboxylic acids is 1. The highest BCUT2D eigenvalue weighted by molar-refractivity contribution is 5.76. The number of rotatable bonds is 66. The average Bonchev–Trinajstić information content (AvgIpc) is 0.783. The van der Waals surface area contributed by atoms with E-state index in [2.05, 4.69) is 92.1 Å². The van der Waals surface area contributed by atoms with Crippen LogP contribution in [-0.2, 0) is 33.2 Å². The van der Waals surface area contributed by atoms with Crippen molar-refractivity contribution in [2.75, 3.05) is 26.4 Å². The highest BCUT2D eigenvalue weighted by Crippen LogP contribution is 2.33. The molecule has 3 rings (SSSR count). The van der Waals surface area contributed by atoms with Gasteiger partial charge in [0.2, 0.25) is 5.91 Å². The van der Waals surface area contributed by atoms with Gasteiger partial charge in [0, 0.05) is 6.42 Å². The molecular weight excluding hydrogens is 1320 g/mol. The highest BCUT2D eigenvalue weighted by Gasteiger charge is 2.54. The minimum atomic E-state index is -1.99. The van der Waals surface area contributed by atoms with E-state index in [-0.39, 0.29) is 18.9 Å². The summed E-state index contributed by atoms with van der Waals surface area (Å²) in [6, 6.07) is -1.00. The zero-order valence-electron chi connectivity index (χ0n) is 64.7. The molecule has 17 atom stereocenters. The monoisotopic (exact) mass is 1470 g/mol. The van der Waals surface area contributed by atoms with Gasteiger partial charge in [-0.15, -0.1) is 0 Å². The fraction of sp³-hybridized carbons (Fsp3) is 0.824. The van der Waals surface area contributed by atoms with E-state index in [9.17, 15) is 61.0 Å². The first kappa shape index (κ1) is 95.2. The Bertz CT molecular complexity index is 2210. The number of nitrogens with one attached hydrogen (secondary N) is 1. The molecule has 0 aromatic heterocycles. The molecule has 17 unspecified atom stereocenters. The maximum Gasteiger partial charge on any atom is 0.220 e. The van der Waals surface area contributed by atoms with Gasteiger partial charge in [0.05, 0.1) is 38.6 Å². The second-order valence-electron chi connectivity index (χ2n) is 29.5. The number of carbonyl (C=O) groups is 1. The summed E-state index contributed by atoms with van der Waals surface area (Å²) in [5, 5.41) is 121. The SMILES string of the molecule is CC/C=C\C/C=C\C/C=C\C/C=C\CCCCCCCCCCCCCCCCCCCCC(=O)NC(COC1OC(CO)C(OC2OC(CO)C(OC3OC(CO)C(O)C(O)C3O)C(O)C2O)C(O)C1O)C(O)/C=C/CC/C=C/CC/C=C/CCCCCCCCCCCCCCCCCCCC. The summed E-state index contributed by atoms with van der Waals surface area (Å²) in [6.07, 6.45) is 60.1. The van der Waals surface area contributed by atoms with Crippen molar-refractivity contribution in [3.05, 3.63) is 85.1 Å². The third-order valence-electron chi connectivity index (χ3n) is 20.4. The Labute approximate surface area is 629 Å². The van der Waals surface area contributed by atoms with Crippen LogP contribution >= 0.6 is 0 Å². The van der Waals surface area contributed by atoms with E-state index in [1.165, 1.54) is 212 Å². The second kappa shape index (κ2) is 64.8. The Morgan fingerprint density at radius 3 is 1.08 bits per heavy atom. The lowest BCUT2D eigenvalue weighted by Crippen LogP contribution is -2.66. The van der Waals surface area contributed by atoms with Crippen LogP contribution in [0.3, 0.4) is 0 Å². The number of hydrogen-bond acceptors (Lipinski definition) is 18. The number of ether oxygens (including phenoxy) is 6. The summed E-state index contributed by atoms with van der Waals surface area (Å²) >= 11 is 0. The third-order valence-corrected chi connectivity index (χ3v) is 20.4. The standard InChI is InChI=1S/C85H151NO18/c1-3-5-7-9-11-13-15-17-19-21-23-25-27-29-31-33-34-35-37-39-41-43-45-47-49-51-53-55-57-59-61-63-73(91)86-68(69(90)62-60-58-56-54-52-50-48-46-44-42-40-38-36-32-30-28-26-24-22-20-18-16-14-12-10-8-6-4-2)67-99-83-79(97)76(94)81(71(65-88)101-83)104-85-80(98)77(95)82(72(66-89)102-85)103-84-78(96)75(93)74(92)70(64-87)100-84/h5,7,11,13,17,19,23,25,44,46,52,54,60,62,68-72,74-85,87-90,92-98H,3-4,6,8-10,12,14-16,18,20-22,24,26-43,45,47-51,53,55-59,61,63-67H2,1-2H3,(H,86,91)/b7-5-,13-11-,19-17-,25-23-,46-44+,54-52+,62-60+. The summed E-state index contributed by atoms with van der Waals surface area (Å²) in [5.74, 6) is -0.287. The third kappa shape index (κ3) is 44.0. The Morgan fingerprint density at radius 2 is 0.673 bits per heavy atom. The first-order valence-corrected chi connectivity index (χ1v) is 41.8. The quantitative estimate of drug-likeness (QED) is 0.0199. The molecule has 3 aliphatic rings. The smallest absolute Gasteiger partial charge is 0.220 e. The van der Waals surface area contributed by atoms with Crippen molar-refractivity contribution < 1.29 is 89.4 Å². The first-order valence-electron chi connectivity index (χ1n) is 41.8. The number of hydrogen-bond donors (Lipinski definition) is 12. The molecule has 19 heteroatoms. The van der Waals surface area contributed by atoms with Crippen molar-refractivity contribution in [2.45, 2.75) is 420 Å². The fourth-order valence-corrected chi connectivity index (χ4v) is 13.7. The molecule has 0 bridgehead atoms. The molecule has 3 saturated heterocycles. The Morgan fingerprint density at radius 1 is 0.356 bits per heavy atom. The van der Waals surface area contributed by atoms with Gasteiger partial charge in [0.1, 0.15) is 73.2 Å². The predicted octanol–water partition coefficient (Wildman–Crippen LogP) is 14.6. The molecule has 604 valence electrons. The topological polar surface area (TPSA) is 307 Å². The van der Waals surface area contributed by atoms with Gasteiger partial charge in [-0.05, 0) is 83.5 Å². The van der Waals surface area contributed by atoms with E-state index in [4.69, 9.17) is 28.4 Å². The largest absolute Gasteiger partial charge is 0.394 e. The van der Waals surface area contributed by atoms with Gasteiger partial charge >= 0.3 is 0 Å². The van der Waals surface area contributed by atoms with Gasteiger partial charge < -0.3 is 89.9 Å². The molecule has 3 heterocycles. The van der Waals surface area contributed by atoms with Crippen LogP contribution in [0.5, 0.6) is 0 Å². The van der Waals surface area contributed by atoms with Crippen LogP contribution in [0.2, 0.25) is 0 Å². The zero-order chi connectivity index (χ0) is 75.3. The van der Waals surface area contributed by atoms with E-state index in [1.54, 1.807) is 6.08 Å². The van der Waals surface area contributed by atoms with Crippen molar-refractivity contribution in [1.29, 1.82) is 0 Å². The first-order chi connectivity index (χ1) is 50.8. The van der Waals surface area contributed by atoms with Crippen molar-refractivity contribution in [3.8, 4) is 0 Å². The maximum absolute atomic E-state index is 13.5. The van der Waals surface area contributed by atoms with Crippen LogP contribution in [0.1, 0.15) is 316 Å². The maximum atomic E-state index is 13.5. The zero-order valence-corrected chi connectivity index (χ0v) is 64.7. The van der Waals surface area contributed by atoms with E-state index in [0.717, 1.165) is 70.6 Å². The Hall–Kier alpha value is -3.03. The Balaban J connectivity index is 1.37. The number of aliphatic hydroxyl groups excluding tert-OH is 11. The minimum Gasteiger partial charge on any atom is -0.394 e. The van der Waals surface area contributed by atoms with Crippen LogP contribution in [0.25, 0.3) is 0 Å². The molecule has 12 N–H and O–H groups in total. The van der Waals surface area contributed by atoms with E-state index >= 15 is 0 Å². The van der Waals surface area contributed by atoms with Gasteiger partial charge in [-0.1, -0.05) is 311 Å². The Kier molecular flexibility index (Phi) is 59.3. The van der Waals surface area contributed by atoms with Crippen molar-refractivity contribution in [2.24, 2.45) is 0 Å².